The van der Waals surface area contributed by atoms with Crippen LogP contribution >= 0.6 is 0 Å². The van der Waals surface area contributed by atoms with Crippen molar-refractivity contribution in [2.75, 3.05) is 25.5 Å². The lowest BCUT2D eigenvalue weighted by Crippen LogP contribution is -2.33. The smallest absolute Gasteiger partial charge is 0.321 e. The summed E-state index contributed by atoms with van der Waals surface area (Å²) in [6.45, 7) is 1.74. The van der Waals surface area contributed by atoms with Crippen molar-refractivity contribution in [1.29, 1.82) is 0 Å². The highest BCUT2D eigenvalue weighted by molar-refractivity contribution is 5.89. The van der Waals surface area contributed by atoms with Crippen LogP contribution in [0.1, 0.15) is 18.4 Å². The highest BCUT2D eigenvalue weighted by atomic mass is 16.5. The van der Waals surface area contributed by atoms with Gasteiger partial charge in [0.25, 0.3) is 0 Å². The first-order chi connectivity index (χ1) is 13.1. The summed E-state index contributed by atoms with van der Waals surface area (Å²) >= 11 is 0. The summed E-state index contributed by atoms with van der Waals surface area (Å²) in [5.74, 6) is 0.935. The Morgan fingerprint density at radius 2 is 1.93 bits per heavy atom. The fourth-order valence-electron chi connectivity index (χ4n) is 3.10. The Labute approximate surface area is 158 Å². The first-order valence-electron chi connectivity index (χ1n) is 8.99. The largest absolute Gasteiger partial charge is 0.497 e. The van der Waals surface area contributed by atoms with Crippen LogP contribution in [0.3, 0.4) is 0 Å². The van der Waals surface area contributed by atoms with Gasteiger partial charge in [0, 0.05) is 44.1 Å². The number of amides is 3. The first-order valence-corrected chi connectivity index (χ1v) is 8.99. The van der Waals surface area contributed by atoms with Crippen LogP contribution in [-0.4, -0.2) is 42.0 Å². The number of ether oxygens (including phenoxy) is 1. The fraction of sp³-hybridized carbons (Fsp3) is 0.350. The molecule has 1 unspecified atom stereocenters. The molecule has 1 aromatic heterocycles. The number of hydrogen-bond donors (Lipinski definition) is 2. The van der Waals surface area contributed by atoms with E-state index in [2.05, 4.69) is 15.6 Å². The molecule has 7 heteroatoms. The van der Waals surface area contributed by atoms with E-state index in [-0.39, 0.29) is 17.9 Å². The molecule has 0 spiro atoms. The van der Waals surface area contributed by atoms with Crippen LogP contribution in [0.2, 0.25) is 0 Å². The van der Waals surface area contributed by atoms with E-state index in [1.165, 1.54) is 0 Å². The van der Waals surface area contributed by atoms with E-state index in [1.54, 1.807) is 48.7 Å². The molecule has 142 valence electrons. The zero-order valence-corrected chi connectivity index (χ0v) is 15.4. The number of nitrogens with zero attached hydrogens (tertiary/aromatic N) is 2. The molecule has 1 saturated heterocycles. The second kappa shape index (κ2) is 9.02. The molecule has 0 bridgehead atoms. The summed E-state index contributed by atoms with van der Waals surface area (Å²) in [7, 11) is 1.60. The number of urea groups is 1. The number of carbonyl (C=O) groups is 2. The van der Waals surface area contributed by atoms with Crippen LogP contribution in [0.25, 0.3) is 0 Å². The standard InChI is InChI=1S/C20H24N4O3/c1-27-18-4-2-17(3-5-18)23-20(26)24-11-8-16(14-24)12-19(25)22-13-15-6-9-21-10-7-15/h2-7,9-10,16H,8,11-14H2,1H3,(H,22,25)(H,23,26). The zero-order valence-electron chi connectivity index (χ0n) is 15.4. The van der Waals surface area contributed by atoms with Gasteiger partial charge in [-0.1, -0.05) is 0 Å². The molecule has 27 heavy (non-hydrogen) atoms. The molecular formula is C20H24N4O3. The molecule has 2 N–H and O–H groups in total. The molecule has 1 aliphatic rings. The Bertz CT molecular complexity index is 765. The third-order valence-corrected chi connectivity index (χ3v) is 4.63. The maximum absolute atomic E-state index is 12.4. The number of aromatic nitrogens is 1. The number of methoxy groups -OCH3 is 1. The van der Waals surface area contributed by atoms with E-state index in [9.17, 15) is 9.59 Å². The zero-order chi connectivity index (χ0) is 19.1. The average Bonchev–Trinajstić information content (AvgIpc) is 3.16. The van der Waals surface area contributed by atoms with Gasteiger partial charge in [-0.05, 0) is 54.3 Å². The van der Waals surface area contributed by atoms with Crippen molar-refractivity contribution < 1.29 is 14.3 Å². The third-order valence-electron chi connectivity index (χ3n) is 4.63. The molecule has 2 heterocycles. The quantitative estimate of drug-likeness (QED) is 0.821. The Hall–Kier alpha value is -3.09. The van der Waals surface area contributed by atoms with Crippen molar-refractivity contribution in [1.82, 2.24) is 15.2 Å². The Morgan fingerprint density at radius 3 is 2.63 bits per heavy atom. The van der Waals surface area contributed by atoms with Crippen LogP contribution in [-0.2, 0) is 11.3 Å². The van der Waals surface area contributed by atoms with Crippen molar-refractivity contribution in [3.05, 3.63) is 54.4 Å². The van der Waals surface area contributed by atoms with Gasteiger partial charge in [-0.25, -0.2) is 4.79 Å². The predicted molar refractivity (Wildman–Crippen MR) is 102 cm³/mol. The Kier molecular flexibility index (Phi) is 6.25. The van der Waals surface area contributed by atoms with Crippen molar-refractivity contribution in [2.45, 2.75) is 19.4 Å². The lowest BCUT2D eigenvalue weighted by Gasteiger charge is -2.17. The molecule has 3 amide bonds. The number of hydrogen-bond acceptors (Lipinski definition) is 4. The van der Waals surface area contributed by atoms with Crippen molar-refractivity contribution in [3.8, 4) is 5.75 Å². The van der Waals surface area contributed by atoms with Gasteiger partial charge in [0.1, 0.15) is 5.75 Å². The maximum atomic E-state index is 12.4. The molecule has 1 atom stereocenters. The van der Waals surface area contributed by atoms with Gasteiger partial charge in [-0.3, -0.25) is 9.78 Å². The number of likely N-dealkylation sites (tertiary alicyclic amines) is 1. The maximum Gasteiger partial charge on any atom is 0.321 e. The molecule has 0 radical (unpaired) electrons. The molecule has 1 aromatic carbocycles. The normalized spacial score (nSPS) is 16.0. The van der Waals surface area contributed by atoms with Gasteiger partial charge in [0.05, 0.1) is 7.11 Å². The van der Waals surface area contributed by atoms with Gasteiger partial charge < -0.3 is 20.3 Å². The molecule has 2 aromatic rings. The number of nitrogens with one attached hydrogen (secondary N) is 2. The summed E-state index contributed by atoms with van der Waals surface area (Å²) in [6, 6.07) is 10.8. The van der Waals surface area contributed by atoms with Crippen LogP contribution < -0.4 is 15.4 Å². The Morgan fingerprint density at radius 1 is 1.19 bits per heavy atom. The van der Waals surface area contributed by atoms with E-state index < -0.39 is 0 Å². The summed E-state index contributed by atoms with van der Waals surface area (Å²) in [5, 5.41) is 5.80. The fourth-order valence-corrected chi connectivity index (χ4v) is 3.10. The van der Waals surface area contributed by atoms with Crippen LogP contribution in [0.15, 0.2) is 48.8 Å². The number of anilines is 1. The average molecular weight is 368 g/mol. The minimum Gasteiger partial charge on any atom is -0.497 e. The van der Waals surface area contributed by atoms with Gasteiger partial charge in [0.15, 0.2) is 0 Å². The number of rotatable bonds is 6. The lowest BCUT2D eigenvalue weighted by atomic mass is 10.0. The number of pyridine rings is 1. The number of benzene rings is 1. The highest BCUT2D eigenvalue weighted by Gasteiger charge is 2.27. The topological polar surface area (TPSA) is 83.6 Å². The second-order valence-corrected chi connectivity index (χ2v) is 6.60. The minimum absolute atomic E-state index is 0.00854. The van der Waals surface area contributed by atoms with E-state index in [0.29, 0.717) is 26.1 Å². The Balaban J connectivity index is 1.42. The van der Waals surface area contributed by atoms with E-state index in [0.717, 1.165) is 23.4 Å². The van der Waals surface area contributed by atoms with Crippen molar-refractivity contribution in [3.63, 3.8) is 0 Å². The lowest BCUT2D eigenvalue weighted by molar-refractivity contribution is -0.122. The SMILES string of the molecule is COc1ccc(NC(=O)N2CCC(CC(=O)NCc3ccncc3)C2)cc1. The summed E-state index contributed by atoms with van der Waals surface area (Å²) in [5.41, 5.74) is 1.74. The molecule has 1 fully saturated rings. The molecule has 0 aliphatic carbocycles. The summed E-state index contributed by atoms with van der Waals surface area (Å²) in [4.78, 5) is 30.2. The first kappa shape index (κ1) is 18.7. The van der Waals surface area contributed by atoms with E-state index in [4.69, 9.17) is 4.74 Å². The summed E-state index contributed by atoms with van der Waals surface area (Å²) < 4.78 is 5.11. The monoisotopic (exact) mass is 368 g/mol. The van der Waals surface area contributed by atoms with E-state index >= 15 is 0 Å². The third kappa shape index (κ3) is 5.44. The minimum atomic E-state index is -0.139. The number of carbonyl (C=O) groups excluding carboxylic acids is 2. The van der Waals surface area contributed by atoms with Gasteiger partial charge >= 0.3 is 6.03 Å². The predicted octanol–water partition coefficient (Wildman–Crippen LogP) is 2.65. The molecule has 0 saturated carbocycles. The van der Waals surface area contributed by atoms with Gasteiger partial charge in [0.2, 0.25) is 5.91 Å². The van der Waals surface area contributed by atoms with Crippen molar-refractivity contribution >= 4 is 17.6 Å². The van der Waals surface area contributed by atoms with Gasteiger partial charge in [-0.2, -0.15) is 0 Å². The molecule has 3 rings (SSSR count). The van der Waals surface area contributed by atoms with Gasteiger partial charge in [-0.15, -0.1) is 0 Å². The van der Waals surface area contributed by atoms with Crippen LogP contribution in [0.5, 0.6) is 5.75 Å². The summed E-state index contributed by atoms with van der Waals surface area (Å²) in [6.07, 6.45) is 4.67. The highest BCUT2D eigenvalue weighted by Crippen LogP contribution is 2.21. The molecular weight excluding hydrogens is 344 g/mol. The second-order valence-electron chi connectivity index (χ2n) is 6.60. The van der Waals surface area contributed by atoms with Crippen LogP contribution in [0.4, 0.5) is 10.5 Å². The molecule has 7 nitrogen and oxygen atoms in total. The van der Waals surface area contributed by atoms with E-state index in [1.807, 2.05) is 12.1 Å². The molecule has 1 aliphatic heterocycles. The van der Waals surface area contributed by atoms with Crippen molar-refractivity contribution in [2.24, 2.45) is 5.92 Å². The van der Waals surface area contributed by atoms with Crippen LogP contribution in [0, 0.1) is 5.92 Å².